The maximum absolute atomic E-state index is 6.35. The Morgan fingerprint density at radius 1 is 0.362 bits per heavy atom. The smallest absolute Gasteiger partial charge is 1.00 e. The van der Waals surface area contributed by atoms with Gasteiger partial charge in [-0.3, -0.25) is 0 Å². The van der Waals surface area contributed by atoms with Gasteiger partial charge < -0.3 is 43.8 Å². The molecule has 0 amide bonds. The molecule has 4 nitrogen and oxygen atoms in total. The van der Waals surface area contributed by atoms with Crippen LogP contribution in [0.15, 0.2) is 146 Å². The minimum atomic E-state index is -0.968. The van der Waals surface area contributed by atoms with E-state index < -0.39 is 15.8 Å². The van der Waals surface area contributed by atoms with E-state index >= 15 is 0 Å². The Balaban J connectivity index is 0.00000144. The summed E-state index contributed by atoms with van der Waals surface area (Å²) in [5.74, 6) is 2.99. The Bertz CT molecular complexity index is 1710. The molecular weight excluding hydrogens is 754 g/mol. The fourth-order valence-corrected chi connectivity index (χ4v) is 10.9. The molecule has 236 valence electrons. The van der Waals surface area contributed by atoms with E-state index in [1.54, 1.807) is 0 Å². The Labute approximate surface area is 302 Å². The molecule has 0 saturated carbocycles. The first-order chi connectivity index (χ1) is 21.9. The van der Waals surface area contributed by atoms with E-state index in [0.29, 0.717) is 0 Å². The summed E-state index contributed by atoms with van der Waals surface area (Å²) >= 11 is 0. The van der Waals surface area contributed by atoms with Gasteiger partial charge >= 0.3 is 19.5 Å². The largest absolute Gasteiger partial charge is 2.00 e. The van der Waals surface area contributed by atoms with Gasteiger partial charge in [-0.1, -0.05) is 121 Å². The molecule has 6 aromatic carbocycles. The van der Waals surface area contributed by atoms with Crippen molar-refractivity contribution in [2.75, 3.05) is 13.6 Å². The molecule has 0 saturated heterocycles. The Morgan fingerprint density at radius 2 is 0.660 bits per heavy atom. The summed E-state index contributed by atoms with van der Waals surface area (Å²) in [5, 5.41) is 7.40. The van der Waals surface area contributed by atoms with Crippen LogP contribution in [0.3, 0.4) is 0 Å². The fourth-order valence-electron chi connectivity index (χ4n) is 5.94. The number of fused-ring (bicyclic) bond motifs is 2. The molecule has 0 unspecified atom stereocenters. The van der Waals surface area contributed by atoms with Gasteiger partial charge in [-0.2, -0.15) is 0 Å². The van der Waals surface area contributed by atoms with Crippen molar-refractivity contribution in [2.24, 2.45) is 0 Å². The van der Waals surface area contributed by atoms with Crippen LogP contribution in [0.2, 0.25) is 0 Å². The summed E-state index contributed by atoms with van der Waals surface area (Å²) in [7, 11) is -1.94. The molecule has 6 aromatic rings. The van der Waals surface area contributed by atoms with Crippen molar-refractivity contribution in [1.29, 1.82) is 0 Å². The van der Waals surface area contributed by atoms with Crippen molar-refractivity contribution >= 4 is 47.7 Å². The molecule has 0 atom stereocenters. The van der Waals surface area contributed by atoms with Crippen molar-refractivity contribution in [1.82, 2.24) is 0 Å². The minimum Gasteiger partial charge on any atom is -1.00 e. The molecule has 0 aromatic heterocycles. The molecule has 0 radical (unpaired) electrons. The summed E-state index contributed by atoms with van der Waals surface area (Å²) in [6.07, 6.45) is 0. The second-order valence-electron chi connectivity index (χ2n) is 10.4. The van der Waals surface area contributed by atoms with Gasteiger partial charge in [0.1, 0.15) is 0 Å². The molecule has 2 aliphatic rings. The van der Waals surface area contributed by atoms with Crippen LogP contribution < -0.4 is 75.6 Å². The zero-order valence-corrected chi connectivity index (χ0v) is 29.9. The Kier molecular flexibility index (Phi) is 11.6. The van der Waals surface area contributed by atoms with Crippen molar-refractivity contribution in [3.63, 3.8) is 0 Å². The van der Waals surface area contributed by atoms with E-state index in [4.69, 9.17) is 18.9 Å². The second kappa shape index (κ2) is 15.7. The molecule has 0 spiro atoms. The number of hydrogen-bond donors (Lipinski definition) is 0. The molecule has 9 heteroatoms. The number of ether oxygens (including phenoxy) is 4. The summed E-state index contributed by atoms with van der Waals surface area (Å²) < 4.78 is 24.7. The molecule has 2 aliphatic heterocycles. The van der Waals surface area contributed by atoms with E-state index in [1.165, 1.54) is 31.8 Å². The van der Waals surface area contributed by atoms with Gasteiger partial charge in [0.05, 0.1) is 0 Å². The maximum Gasteiger partial charge on any atom is 2.00 e. The van der Waals surface area contributed by atoms with Gasteiger partial charge in [-0.25, -0.2) is 0 Å². The molecule has 8 rings (SSSR count). The van der Waals surface area contributed by atoms with Crippen LogP contribution in [0.5, 0.6) is 23.0 Å². The van der Waals surface area contributed by atoms with Crippen LogP contribution in [-0.4, -0.2) is 13.6 Å². The summed E-state index contributed by atoms with van der Waals surface area (Å²) in [6, 6.07) is 51.6. The molecule has 2 heterocycles. The quantitative estimate of drug-likeness (QED) is 0.173. The second-order valence-corrected chi connectivity index (χ2v) is 14.8. The van der Waals surface area contributed by atoms with Crippen LogP contribution in [0.25, 0.3) is 11.1 Å². The van der Waals surface area contributed by atoms with Crippen molar-refractivity contribution < 1.29 is 63.2 Å². The number of halogens is 2. The fraction of sp³-hybridized carbons (Fsp3) is 0.0526. The number of rotatable bonds is 7. The van der Waals surface area contributed by atoms with Crippen LogP contribution >= 0.6 is 15.8 Å². The topological polar surface area (TPSA) is 36.9 Å². The Morgan fingerprint density at radius 3 is 0.957 bits per heavy atom. The van der Waals surface area contributed by atoms with E-state index in [1.807, 2.05) is 0 Å². The van der Waals surface area contributed by atoms with Crippen LogP contribution in [0.4, 0.5) is 0 Å². The van der Waals surface area contributed by atoms with Crippen LogP contribution in [0.1, 0.15) is 0 Å². The van der Waals surface area contributed by atoms with Crippen molar-refractivity contribution in [3.8, 4) is 34.1 Å². The monoisotopic (exact) mass is 782 g/mol. The van der Waals surface area contributed by atoms with Crippen molar-refractivity contribution in [2.45, 2.75) is 0 Å². The first-order valence-corrected chi connectivity index (χ1v) is 17.2. The predicted molar refractivity (Wildman–Crippen MR) is 182 cm³/mol. The number of benzene rings is 6. The molecule has 0 fully saturated rings. The SMILES string of the molecule is [Cl-].[Cl-].[Ru+2].c1ccc(P(c2ccccc2)c2ccc3c(c2-c2c(P(c4ccccc4)c4ccccc4)ccc4c2OCO4)OCO3)cc1. The third kappa shape index (κ3) is 6.66. The number of hydrogen-bond acceptors (Lipinski definition) is 4. The van der Waals surface area contributed by atoms with Gasteiger partial charge in [0, 0.05) is 11.1 Å². The van der Waals surface area contributed by atoms with Gasteiger partial charge in [-0.15, -0.1) is 0 Å². The van der Waals surface area contributed by atoms with Crippen LogP contribution in [0, 0.1) is 0 Å². The standard InChI is InChI=1S/C38H28O4P2.2ClH.Ru/c1-5-13-27(14-6-1)43(28-15-7-2-8-16-28)33-23-21-31-37(41-25-39-31)35(33)36-34(24-22-32-38(36)42-26-40-32)44(29-17-9-3-10-18-29)30-19-11-4-12-20-30;;;/h1-24H,25-26H2;2*1H;/q;;;+2/p-2. The molecular formula is C38H28Cl2O4P2Ru. The van der Waals surface area contributed by atoms with Crippen molar-refractivity contribution in [3.05, 3.63) is 146 Å². The zero-order valence-electron chi connectivity index (χ0n) is 24.9. The van der Waals surface area contributed by atoms with Gasteiger partial charge in [0.2, 0.25) is 13.6 Å². The zero-order chi connectivity index (χ0) is 29.3. The third-order valence-electron chi connectivity index (χ3n) is 7.82. The first kappa shape index (κ1) is 34.9. The maximum atomic E-state index is 6.35. The van der Waals surface area contributed by atoms with E-state index in [2.05, 4.69) is 146 Å². The minimum absolute atomic E-state index is 0. The normalized spacial score (nSPS) is 12.2. The van der Waals surface area contributed by atoms with Gasteiger partial charge in [-0.05, 0) is 71.9 Å². The van der Waals surface area contributed by atoms with Crippen LogP contribution in [-0.2, 0) is 19.5 Å². The average Bonchev–Trinajstić information content (AvgIpc) is 3.77. The predicted octanol–water partition coefficient (Wildman–Crippen LogP) is 0.333. The van der Waals surface area contributed by atoms with Gasteiger partial charge in [0.15, 0.2) is 23.0 Å². The van der Waals surface area contributed by atoms with E-state index in [0.717, 1.165) is 34.1 Å². The first-order valence-electron chi connectivity index (χ1n) is 14.5. The molecule has 0 aliphatic carbocycles. The molecule has 0 bridgehead atoms. The van der Waals surface area contributed by atoms with E-state index in [-0.39, 0.29) is 57.9 Å². The molecule has 0 N–H and O–H groups in total. The summed E-state index contributed by atoms with van der Waals surface area (Å²) in [5.41, 5.74) is 2.02. The average molecular weight is 783 g/mol. The summed E-state index contributed by atoms with van der Waals surface area (Å²) in [4.78, 5) is 0. The van der Waals surface area contributed by atoms with E-state index in [9.17, 15) is 0 Å². The summed E-state index contributed by atoms with van der Waals surface area (Å²) in [6.45, 7) is 0.350. The molecule has 47 heavy (non-hydrogen) atoms. The Hall–Kier alpha value is -3.42. The van der Waals surface area contributed by atoms with Gasteiger partial charge in [0.25, 0.3) is 0 Å². The third-order valence-corrected chi connectivity index (χ3v) is 12.8.